The molecule has 1 rings (SSSR count). The van der Waals surface area contributed by atoms with Crippen molar-refractivity contribution in [2.45, 2.75) is 0 Å². The molecule has 0 radical (unpaired) electrons. The third kappa shape index (κ3) is 3.25. The van der Waals surface area contributed by atoms with E-state index < -0.39 is 0 Å². The van der Waals surface area contributed by atoms with Crippen LogP contribution in [-0.2, 0) is 0 Å². The van der Waals surface area contributed by atoms with Gasteiger partial charge in [-0.15, -0.1) is 0 Å². The standard InChI is InChI=1S/C11H10BrClO3/c1-15-10-6-8(7-14)5-9(12)11(10)16-4-2-3-13/h2-3,5-7H,4H2,1H3/b3-2+. The smallest absolute Gasteiger partial charge is 0.175 e. The van der Waals surface area contributed by atoms with Crippen molar-refractivity contribution >= 4 is 33.8 Å². The Hall–Kier alpha value is -1.00. The van der Waals surface area contributed by atoms with Crippen molar-refractivity contribution in [3.63, 3.8) is 0 Å². The van der Waals surface area contributed by atoms with Crippen molar-refractivity contribution in [1.82, 2.24) is 0 Å². The van der Waals surface area contributed by atoms with E-state index in [1.54, 1.807) is 18.2 Å². The van der Waals surface area contributed by atoms with Crippen LogP contribution in [0.2, 0.25) is 0 Å². The molecule has 0 saturated heterocycles. The predicted molar refractivity (Wildman–Crippen MR) is 66.6 cm³/mol. The molecule has 1 aromatic carbocycles. The van der Waals surface area contributed by atoms with E-state index in [4.69, 9.17) is 21.1 Å². The first-order valence-corrected chi connectivity index (χ1v) is 5.66. The van der Waals surface area contributed by atoms with E-state index in [1.807, 2.05) is 0 Å². The van der Waals surface area contributed by atoms with Crippen LogP contribution < -0.4 is 9.47 Å². The zero-order valence-corrected chi connectivity index (χ0v) is 10.9. The second kappa shape index (κ2) is 6.55. The Labute approximate surface area is 107 Å². The number of rotatable bonds is 5. The van der Waals surface area contributed by atoms with E-state index in [2.05, 4.69) is 15.9 Å². The second-order valence-electron chi connectivity index (χ2n) is 2.82. The zero-order chi connectivity index (χ0) is 12.0. The zero-order valence-electron chi connectivity index (χ0n) is 8.57. The Morgan fingerprint density at radius 3 is 2.81 bits per heavy atom. The van der Waals surface area contributed by atoms with Gasteiger partial charge < -0.3 is 9.47 Å². The Bertz CT molecular complexity index is 404. The lowest BCUT2D eigenvalue weighted by Gasteiger charge is -2.11. The van der Waals surface area contributed by atoms with Gasteiger partial charge in [0.2, 0.25) is 0 Å². The molecule has 0 atom stereocenters. The van der Waals surface area contributed by atoms with E-state index in [1.165, 1.54) is 12.6 Å². The van der Waals surface area contributed by atoms with Crippen LogP contribution in [0.5, 0.6) is 11.5 Å². The maximum absolute atomic E-state index is 10.7. The van der Waals surface area contributed by atoms with E-state index in [-0.39, 0.29) is 0 Å². The largest absolute Gasteiger partial charge is 0.493 e. The molecule has 86 valence electrons. The lowest BCUT2D eigenvalue weighted by molar-refractivity contribution is 0.112. The maximum Gasteiger partial charge on any atom is 0.175 e. The number of hydrogen-bond donors (Lipinski definition) is 0. The quantitative estimate of drug-likeness (QED) is 0.782. The first-order chi connectivity index (χ1) is 7.72. The predicted octanol–water partition coefficient (Wildman–Crippen LogP) is 3.40. The molecule has 0 aliphatic rings. The normalized spacial score (nSPS) is 10.4. The van der Waals surface area contributed by atoms with E-state index in [9.17, 15) is 4.79 Å². The lowest BCUT2D eigenvalue weighted by atomic mass is 10.2. The highest BCUT2D eigenvalue weighted by molar-refractivity contribution is 9.10. The Morgan fingerprint density at radius 1 is 1.50 bits per heavy atom. The Balaban J connectivity index is 3.01. The molecule has 16 heavy (non-hydrogen) atoms. The Kier molecular flexibility index (Phi) is 5.35. The van der Waals surface area contributed by atoms with Gasteiger partial charge in [0.1, 0.15) is 12.9 Å². The van der Waals surface area contributed by atoms with Crippen LogP contribution >= 0.6 is 27.5 Å². The third-order valence-electron chi connectivity index (χ3n) is 1.80. The molecule has 0 unspecified atom stereocenters. The maximum atomic E-state index is 10.7. The van der Waals surface area contributed by atoms with E-state index in [0.717, 1.165) is 6.29 Å². The van der Waals surface area contributed by atoms with Gasteiger partial charge in [0.05, 0.1) is 11.6 Å². The van der Waals surface area contributed by atoms with Crippen LogP contribution in [0, 0.1) is 0 Å². The summed E-state index contributed by atoms with van der Waals surface area (Å²) in [6.07, 6.45) is 2.40. The highest BCUT2D eigenvalue weighted by Crippen LogP contribution is 2.36. The van der Waals surface area contributed by atoms with Crippen LogP contribution in [-0.4, -0.2) is 20.0 Å². The van der Waals surface area contributed by atoms with Crippen LogP contribution in [0.15, 0.2) is 28.2 Å². The second-order valence-corrected chi connectivity index (χ2v) is 3.93. The summed E-state index contributed by atoms with van der Waals surface area (Å²) < 4.78 is 11.2. The molecule has 5 heteroatoms. The van der Waals surface area contributed by atoms with Crippen molar-refractivity contribution in [3.8, 4) is 11.5 Å². The number of ether oxygens (including phenoxy) is 2. The van der Waals surface area contributed by atoms with Gasteiger partial charge >= 0.3 is 0 Å². The molecule has 0 amide bonds. The minimum atomic E-state index is 0.332. The average molecular weight is 306 g/mol. The minimum Gasteiger partial charge on any atom is -0.493 e. The fourth-order valence-electron chi connectivity index (χ4n) is 1.12. The first-order valence-electron chi connectivity index (χ1n) is 4.43. The molecule has 0 aliphatic carbocycles. The first kappa shape index (κ1) is 13.1. The van der Waals surface area contributed by atoms with E-state index >= 15 is 0 Å². The van der Waals surface area contributed by atoms with Gasteiger partial charge in [0.25, 0.3) is 0 Å². The number of aldehydes is 1. The van der Waals surface area contributed by atoms with Gasteiger partial charge in [0, 0.05) is 11.1 Å². The number of hydrogen-bond acceptors (Lipinski definition) is 3. The molecule has 0 spiro atoms. The summed E-state index contributed by atoms with van der Waals surface area (Å²) in [5.41, 5.74) is 1.89. The molecule has 0 aliphatic heterocycles. The lowest BCUT2D eigenvalue weighted by Crippen LogP contribution is -1.98. The fourth-order valence-corrected chi connectivity index (χ4v) is 1.76. The summed E-state index contributed by atoms with van der Waals surface area (Å²) in [6.45, 7) is 0.332. The molecule has 0 bridgehead atoms. The van der Waals surface area contributed by atoms with E-state index in [0.29, 0.717) is 28.1 Å². The highest BCUT2D eigenvalue weighted by atomic mass is 79.9. The van der Waals surface area contributed by atoms with Crippen LogP contribution in [0.1, 0.15) is 10.4 Å². The van der Waals surface area contributed by atoms with Gasteiger partial charge in [-0.1, -0.05) is 11.6 Å². The minimum absolute atomic E-state index is 0.332. The molecule has 3 nitrogen and oxygen atoms in total. The van der Waals surface area contributed by atoms with Gasteiger partial charge in [-0.05, 0) is 34.1 Å². The molecule has 0 N–H and O–H groups in total. The molecule has 1 aromatic rings. The van der Waals surface area contributed by atoms with Crippen molar-refractivity contribution in [1.29, 1.82) is 0 Å². The SMILES string of the molecule is COc1cc(C=O)cc(Br)c1OC/C=C/Cl. The molecule has 0 aromatic heterocycles. The molecular weight excluding hydrogens is 295 g/mol. The number of benzene rings is 1. The number of carbonyl (C=O) groups is 1. The van der Waals surface area contributed by atoms with Gasteiger partial charge in [-0.25, -0.2) is 0 Å². The summed E-state index contributed by atoms with van der Waals surface area (Å²) in [5, 5.41) is 0. The third-order valence-corrected chi connectivity index (χ3v) is 2.57. The molecular formula is C11H10BrClO3. The van der Waals surface area contributed by atoms with Gasteiger partial charge in [-0.3, -0.25) is 4.79 Å². The summed E-state index contributed by atoms with van der Waals surface area (Å²) in [6, 6.07) is 3.27. The topological polar surface area (TPSA) is 35.5 Å². The van der Waals surface area contributed by atoms with Crippen LogP contribution in [0.4, 0.5) is 0 Å². The van der Waals surface area contributed by atoms with Crippen molar-refractivity contribution in [2.24, 2.45) is 0 Å². The molecule has 0 saturated carbocycles. The summed E-state index contributed by atoms with van der Waals surface area (Å²) >= 11 is 8.69. The summed E-state index contributed by atoms with van der Waals surface area (Å²) in [7, 11) is 1.51. The van der Waals surface area contributed by atoms with Crippen molar-refractivity contribution in [2.75, 3.05) is 13.7 Å². The van der Waals surface area contributed by atoms with Crippen molar-refractivity contribution in [3.05, 3.63) is 33.8 Å². The molecule has 0 fully saturated rings. The number of carbonyl (C=O) groups excluding carboxylic acids is 1. The average Bonchev–Trinajstić information content (AvgIpc) is 2.30. The molecule has 0 heterocycles. The van der Waals surface area contributed by atoms with Crippen LogP contribution in [0.3, 0.4) is 0 Å². The van der Waals surface area contributed by atoms with Gasteiger partial charge in [0.15, 0.2) is 11.5 Å². The van der Waals surface area contributed by atoms with Crippen LogP contribution in [0.25, 0.3) is 0 Å². The van der Waals surface area contributed by atoms with Crippen molar-refractivity contribution < 1.29 is 14.3 Å². The van der Waals surface area contributed by atoms with Gasteiger partial charge in [-0.2, -0.15) is 0 Å². The monoisotopic (exact) mass is 304 g/mol. The fraction of sp³-hybridized carbons (Fsp3) is 0.182. The highest BCUT2D eigenvalue weighted by Gasteiger charge is 2.10. The summed E-state index contributed by atoms with van der Waals surface area (Å²) in [5.74, 6) is 1.04. The Morgan fingerprint density at radius 2 is 2.25 bits per heavy atom. The number of halogens is 2. The summed E-state index contributed by atoms with van der Waals surface area (Å²) in [4.78, 5) is 10.7. The number of methoxy groups -OCH3 is 1.